The number of rotatable bonds is 7. The number of hydrogen-bond acceptors (Lipinski definition) is 5. The van der Waals surface area contributed by atoms with Crippen molar-refractivity contribution < 1.29 is 28.6 Å². The Morgan fingerprint density at radius 1 is 0.805 bits per heavy atom. The van der Waals surface area contributed by atoms with Crippen LogP contribution in [0.3, 0.4) is 0 Å². The van der Waals surface area contributed by atoms with Crippen LogP contribution in [0, 0.1) is 40.4 Å². The van der Waals surface area contributed by atoms with Gasteiger partial charge in [0.2, 0.25) is 23.6 Å². The molecule has 3 aliphatic rings. The molecule has 7 nitrogen and oxygen atoms in total. The standard InChI is InChI=1S/C31H53N3O4.2HI.V/c1-13-33-26(37)22(16-28(3,4)5)23(27(33)38)29(6,7)17-21-19(2)24(35)34(25(21)36)18-20-14-30(8,9)32(12)31(10,11)15-20;;;/h19-23H,13-18H2,1-12H3;2*1H;/q;;;+2/p-2. The van der Waals surface area contributed by atoms with E-state index in [0.717, 1.165) is 12.8 Å². The Labute approximate surface area is 278 Å². The van der Waals surface area contributed by atoms with Crippen molar-refractivity contribution in [3.63, 3.8) is 0 Å². The monoisotopic (exact) mass is 836 g/mol. The number of carbonyl (C=O) groups excluding carboxylic acids is 4. The van der Waals surface area contributed by atoms with Crippen LogP contribution in [0.4, 0.5) is 0 Å². The molecule has 235 valence electrons. The summed E-state index contributed by atoms with van der Waals surface area (Å²) < 4.78 is 0. The van der Waals surface area contributed by atoms with E-state index in [1.165, 1.54) is 9.80 Å². The van der Waals surface area contributed by atoms with Crippen molar-refractivity contribution in [2.75, 3.05) is 20.1 Å². The SMILES string of the molecule is CCN1C(=O)C(CC(C)(C)C)C(C(C)(C)CC2C(=O)N(CC3CC(C)(C)N(C)C(C)(C)C3)C(=O)C2C)C1=O.[I][V][I]. The molecule has 3 saturated heterocycles. The Kier molecular flexibility index (Phi) is 12.6. The molecular formula is C31H53I2N3O4V. The zero-order chi connectivity index (χ0) is 31.9. The second-order valence-electron chi connectivity index (χ2n) is 15.7. The quantitative estimate of drug-likeness (QED) is 0.210. The molecular weight excluding hydrogens is 783 g/mol. The molecule has 10 heteroatoms. The molecule has 0 bridgehead atoms. The van der Waals surface area contributed by atoms with Gasteiger partial charge in [-0.2, -0.15) is 0 Å². The molecule has 3 rings (SSSR count). The zero-order valence-corrected chi connectivity index (χ0v) is 33.0. The van der Waals surface area contributed by atoms with Crippen molar-refractivity contribution in [3.05, 3.63) is 0 Å². The van der Waals surface area contributed by atoms with Gasteiger partial charge in [0.15, 0.2) is 0 Å². The van der Waals surface area contributed by atoms with Gasteiger partial charge in [0, 0.05) is 30.1 Å². The summed E-state index contributed by atoms with van der Waals surface area (Å²) >= 11 is 4.74. The van der Waals surface area contributed by atoms with E-state index in [0.29, 0.717) is 35.4 Å². The van der Waals surface area contributed by atoms with Crippen LogP contribution in [-0.2, 0) is 28.6 Å². The van der Waals surface area contributed by atoms with Crippen molar-refractivity contribution in [2.45, 2.75) is 113 Å². The van der Waals surface area contributed by atoms with Crippen molar-refractivity contribution in [2.24, 2.45) is 40.4 Å². The molecule has 0 spiro atoms. The van der Waals surface area contributed by atoms with Crippen molar-refractivity contribution in [3.8, 4) is 0 Å². The predicted molar refractivity (Wildman–Crippen MR) is 178 cm³/mol. The molecule has 3 fully saturated rings. The average molecular weight is 837 g/mol. The van der Waals surface area contributed by atoms with Crippen LogP contribution < -0.4 is 0 Å². The van der Waals surface area contributed by atoms with Crippen LogP contribution in [-0.4, -0.2) is 69.5 Å². The molecule has 0 saturated carbocycles. The third-order valence-electron chi connectivity index (χ3n) is 9.93. The normalized spacial score (nSPS) is 29.2. The Bertz CT molecular complexity index is 992. The maximum atomic E-state index is 13.8. The topological polar surface area (TPSA) is 78.0 Å². The number of carbonyl (C=O) groups is 4. The van der Waals surface area contributed by atoms with Crippen LogP contribution in [0.5, 0.6) is 0 Å². The molecule has 3 aliphatic heterocycles. The molecule has 41 heavy (non-hydrogen) atoms. The summed E-state index contributed by atoms with van der Waals surface area (Å²) in [6.45, 7) is 23.7. The first-order valence-electron chi connectivity index (χ1n) is 14.9. The van der Waals surface area contributed by atoms with Crippen LogP contribution in [0.15, 0.2) is 0 Å². The first-order valence-corrected chi connectivity index (χ1v) is 23.9. The van der Waals surface area contributed by atoms with Crippen LogP contribution in [0.2, 0.25) is 0 Å². The summed E-state index contributed by atoms with van der Waals surface area (Å²) in [6.07, 6.45) is 2.88. The fourth-order valence-corrected chi connectivity index (χ4v) is 7.89. The minimum absolute atomic E-state index is 0.0200. The van der Waals surface area contributed by atoms with Gasteiger partial charge >= 0.3 is 49.4 Å². The van der Waals surface area contributed by atoms with Gasteiger partial charge in [-0.1, -0.05) is 41.5 Å². The van der Waals surface area contributed by atoms with E-state index in [1.807, 2.05) is 27.7 Å². The van der Waals surface area contributed by atoms with Crippen LogP contribution in [0.1, 0.15) is 102 Å². The Morgan fingerprint density at radius 3 is 1.71 bits per heavy atom. The maximum absolute atomic E-state index is 13.8. The third kappa shape index (κ3) is 8.31. The van der Waals surface area contributed by atoms with Gasteiger partial charge in [-0.05, 0) is 84.1 Å². The molecule has 4 amide bonds. The summed E-state index contributed by atoms with van der Waals surface area (Å²) in [7, 11) is 2.78. The molecule has 0 aromatic heterocycles. The zero-order valence-electron chi connectivity index (χ0n) is 27.3. The number of hydrogen-bond donors (Lipinski definition) is 0. The summed E-state index contributed by atoms with van der Waals surface area (Å²) in [5.41, 5.74) is -0.756. The Hall–Kier alpha value is 0.284. The second-order valence-corrected chi connectivity index (χ2v) is 27.5. The Morgan fingerprint density at radius 2 is 1.27 bits per heavy atom. The van der Waals surface area contributed by atoms with Crippen molar-refractivity contribution in [1.82, 2.24) is 14.7 Å². The van der Waals surface area contributed by atoms with E-state index in [2.05, 4.69) is 100 Å². The van der Waals surface area contributed by atoms with E-state index in [-0.39, 0.29) is 46.0 Å². The fourth-order valence-electron chi connectivity index (χ4n) is 7.89. The first kappa shape index (κ1) is 37.5. The van der Waals surface area contributed by atoms with Gasteiger partial charge in [-0.25, -0.2) is 0 Å². The molecule has 0 radical (unpaired) electrons. The summed E-state index contributed by atoms with van der Waals surface area (Å²) in [5.74, 6) is -1.99. The third-order valence-corrected chi connectivity index (χ3v) is 9.93. The van der Waals surface area contributed by atoms with Gasteiger partial charge in [-0.15, -0.1) is 0 Å². The van der Waals surface area contributed by atoms with Crippen LogP contribution in [0.25, 0.3) is 0 Å². The van der Waals surface area contributed by atoms with Crippen molar-refractivity contribution >= 4 is 63.6 Å². The molecule has 0 aliphatic carbocycles. The molecule has 4 unspecified atom stereocenters. The van der Waals surface area contributed by atoms with Gasteiger partial charge in [-0.3, -0.25) is 33.9 Å². The van der Waals surface area contributed by atoms with Gasteiger partial charge < -0.3 is 0 Å². The number of likely N-dealkylation sites (tertiary alicyclic amines) is 3. The minimum atomic E-state index is -0.602. The number of imide groups is 2. The fraction of sp³-hybridized carbons (Fsp3) is 0.871. The van der Waals surface area contributed by atoms with E-state index < -0.39 is 29.1 Å². The molecule has 4 atom stereocenters. The van der Waals surface area contributed by atoms with E-state index >= 15 is 0 Å². The van der Waals surface area contributed by atoms with Gasteiger partial charge in [0.1, 0.15) is 0 Å². The van der Waals surface area contributed by atoms with E-state index in [1.54, 1.807) is 0 Å². The van der Waals surface area contributed by atoms with E-state index in [9.17, 15) is 19.2 Å². The molecule has 0 aromatic rings. The van der Waals surface area contributed by atoms with Crippen molar-refractivity contribution in [1.29, 1.82) is 0 Å². The second kappa shape index (κ2) is 13.7. The summed E-state index contributed by atoms with van der Waals surface area (Å²) in [4.78, 5) is 59.3. The number of nitrogens with zero attached hydrogens (tertiary/aromatic N) is 3. The summed E-state index contributed by atoms with van der Waals surface area (Å²) in [6, 6.07) is 0. The number of piperidine rings is 1. The molecule has 3 heterocycles. The predicted octanol–water partition coefficient (Wildman–Crippen LogP) is 6.75. The first-order chi connectivity index (χ1) is 18.6. The average Bonchev–Trinajstić information content (AvgIpc) is 3.15. The van der Waals surface area contributed by atoms with Gasteiger partial charge in [0.05, 0.1) is 17.8 Å². The molecule has 0 N–H and O–H groups in total. The Balaban J connectivity index is 0.00000187. The van der Waals surface area contributed by atoms with Gasteiger partial charge in [0.25, 0.3) is 0 Å². The molecule has 0 aromatic carbocycles. The van der Waals surface area contributed by atoms with E-state index in [4.69, 9.17) is 0 Å². The summed E-state index contributed by atoms with van der Waals surface area (Å²) in [5, 5.41) is 0. The number of halogens is 2. The number of amides is 4. The van der Waals surface area contributed by atoms with Crippen LogP contribution >= 0.6 is 40.0 Å².